The average Bonchev–Trinajstić information content (AvgIpc) is 3.43. The van der Waals surface area contributed by atoms with Gasteiger partial charge in [0.15, 0.2) is 11.0 Å². The van der Waals surface area contributed by atoms with Crippen LogP contribution in [0.2, 0.25) is 0 Å². The Labute approximate surface area is 163 Å². The Bertz CT molecular complexity index is 1050. The summed E-state index contributed by atoms with van der Waals surface area (Å²) in [5.74, 6) is 1.75. The van der Waals surface area contributed by atoms with Crippen LogP contribution in [0.1, 0.15) is 0 Å². The van der Waals surface area contributed by atoms with Crippen LogP contribution in [0.4, 0.5) is 0 Å². The van der Waals surface area contributed by atoms with Crippen LogP contribution in [-0.2, 0) is 6.54 Å². The molecule has 0 saturated carbocycles. The molecule has 0 N–H and O–H groups in total. The Morgan fingerprint density at radius 1 is 1.07 bits per heavy atom. The van der Waals surface area contributed by atoms with E-state index in [9.17, 15) is 0 Å². The van der Waals surface area contributed by atoms with Crippen LogP contribution in [0.5, 0.6) is 0 Å². The largest absolute Gasteiger partial charge is 0.301 e. The minimum Gasteiger partial charge on any atom is -0.301 e. The number of para-hydroxylation sites is 1. The topological polar surface area (TPSA) is 87.2 Å². The second kappa shape index (κ2) is 7.12. The SMILES string of the molecule is c1ccc(-n2nnnc2SC[C@H]2Cn3c(nnc3-c3cccnc3)S2)cc1. The van der Waals surface area contributed by atoms with Crippen molar-refractivity contribution in [3.05, 3.63) is 54.9 Å². The zero-order chi connectivity index (χ0) is 18.1. The number of fused-ring (bicyclic) bond motifs is 1. The van der Waals surface area contributed by atoms with Crippen molar-refractivity contribution in [2.24, 2.45) is 0 Å². The van der Waals surface area contributed by atoms with Crippen LogP contribution in [0.15, 0.2) is 65.2 Å². The van der Waals surface area contributed by atoms with Gasteiger partial charge in [0.2, 0.25) is 5.16 Å². The molecule has 1 atom stereocenters. The fourth-order valence-electron chi connectivity index (χ4n) is 2.89. The predicted molar refractivity (Wildman–Crippen MR) is 103 cm³/mol. The van der Waals surface area contributed by atoms with Crippen molar-refractivity contribution >= 4 is 23.5 Å². The van der Waals surface area contributed by atoms with E-state index in [1.807, 2.05) is 48.7 Å². The summed E-state index contributed by atoms with van der Waals surface area (Å²) in [6.45, 7) is 0.858. The van der Waals surface area contributed by atoms with Crippen LogP contribution in [0.3, 0.4) is 0 Å². The van der Waals surface area contributed by atoms with Crippen molar-refractivity contribution in [3.63, 3.8) is 0 Å². The molecule has 8 nitrogen and oxygen atoms in total. The van der Waals surface area contributed by atoms with E-state index in [0.717, 1.165) is 39.7 Å². The van der Waals surface area contributed by atoms with E-state index in [-0.39, 0.29) is 0 Å². The van der Waals surface area contributed by atoms with Crippen molar-refractivity contribution < 1.29 is 0 Å². The van der Waals surface area contributed by atoms with Crippen molar-refractivity contribution in [1.29, 1.82) is 0 Å². The third-order valence-corrected chi connectivity index (χ3v) is 6.59. The number of rotatable bonds is 5. The fraction of sp³-hybridized carbons (Fsp3) is 0.176. The maximum absolute atomic E-state index is 4.33. The number of aromatic nitrogens is 8. The summed E-state index contributed by atoms with van der Waals surface area (Å²) >= 11 is 3.40. The molecule has 1 aliphatic rings. The first-order valence-corrected chi connectivity index (χ1v) is 10.2. The lowest BCUT2D eigenvalue weighted by Crippen LogP contribution is -2.10. The number of hydrogen-bond acceptors (Lipinski definition) is 8. The molecule has 1 aromatic carbocycles. The third kappa shape index (κ3) is 3.21. The Balaban J connectivity index is 1.29. The number of pyridine rings is 1. The standard InChI is InChI=1S/C17H14N8S2/c1-2-6-13(7-3-1)25-17(21-22-23-25)26-11-14-10-24-15(19-20-16(24)27-14)12-5-4-8-18-9-12/h1-9,14H,10-11H2/t14-/m1/s1. The Hall–Kier alpha value is -2.72. The summed E-state index contributed by atoms with van der Waals surface area (Å²) in [5, 5.41) is 22.9. The molecule has 1 aliphatic heterocycles. The van der Waals surface area contributed by atoms with Gasteiger partial charge in [-0.05, 0) is 34.7 Å². The van der Waals surface area contributed by atoms with Crippen molar-refractivity contribution in [2.75, 3.05) is 5.75 Å². The molecule has 27 heavy (non-hydrogen) atoms. The summed E-state index contributed by atoms with van der Waals surface area (Å²) in [5.41, 5.74) is 1.94. The number of thioether (sulfide) groups is 2. The monoisotopic (exact) mass is 394 g/mol. The fourth-order valence-corrected chi connectivity index (χ4v) is 5.07. The molecule has 10 heteroatoms. The normalized spacial score (nSPS) is 15.8. The van der Waals surface area contributed by atoms with E-state index in [2.05, 4.69) is 35.3 Å². The highest BCUT2D eigenvalue weighted by Gasteiger charge is 2.28. The van der Waals surface area contributed by atoms with Gasteiger partial charge in [-0.2, -0.15) is 4.68 Å². The quantitative estimate of drug-likeness (QED) is 0.477. The maximum atomic E-state index is 4.33. The molecule has 5 rings (SSSR count). The van der Waals surface area contributed by atoms with E-state index in [4.69, 9.17) is 0 Å². The molecule has 0 unspecified atom stereocenters. The zero-order valence-electron chi connectivity index (χ0n) is 14.1. The molecule has 0 saturated heterocycles. The molecule has 4 heterocycles. The molecule has 0 bridgehead atoms. The second-order valence-corrected chi connectivity index (χ2v) is 8.17. The third-order valence-electron chi connectivity index (χ3n) is 4.13. The first-order valence-electron chi connectivity index (χ1n) is 8.35. The van der Waals surface area contributed by atoms with Crippen LogP contribution in [0, 0.1) is 0 Å². The lowest BCUT2D eigenvalue weighted by atomic mass is 10.2. The van der Waals surface area contributed by atoms with E-state index < -0.39 is 0 Å². The summed E-state index contributed by atoms with van der Waals surface area (Å²) in [7, 11) is 0. The maximum Gasteiger partial charge on any atom is 0.214 e. The molecule has 0 spiro atoms. The van der Waals surface area contributed by atoms with E-state index >= 15 is 0 Å². The highest BCUT2D eigenvalue weighted by atomic mass is 32.2. The Morgan fingerprint density at radius 2 is 2.00 bits per heavy atom. The summed E-state index contributed by atoms with van der Waals surface area (Å²) in [4.78, 5) is 4.18. The molecule has 3 aromatic heterocycles. The highest BCUT2D eigenvalue weighted by Crippen LogP contribution is 2.36. The van der Waals surface area contributed by atoms with Gasteiger partial charge >= 0.3 is 0 Å². The number of tetrazole rings is 1. The molecule has 0 aliphatic carbocycles. The minimum atomic E-state index is 0.386. The van der Waals surface area contributed by atoms with Gasteiger partial charge in [-0.15, -0.1) is 15.3 Å². The zero-order valence-corrected chi connectivity index (χ0v) is 15.7. The van der Waals surface area contributed by atoms with Crippen molar-refractivity contribution in [1.82, 2.24) is 40.0 Å². The Morgan fingerprint density at radius 3 is 2.85 bits per heavy atom. The smallest absolute Gasteiger partial charge is 0.214 e. The lowest BCUT2D eigenvalue weighted by Gasteiger charge is -2.08. The first-order chi connectivity index (χ1) is 13.4. The van der Waals surface area contributed by atoms with Gasteiger partial charge in [-0.25, -0.2) is 0 Å². The van der Waals surface area contributed by atoms with Gasteiger partial charge in [0.25, 0.3) is 0 Å². The number of nitrogens with zero attached hydrogens (tertiary/aromatic N) is 8. The molecule has 134 valence electrons. The molecule has 0 radical (unpaired) electrons. The van der Waals surface area contributed by atoms with Gasteiger partial charge < -0.3 is 4.57 Å². The van der Waals surface area contributed by atoms with E-state index in [1.165, 1.54) is 0 Å². The van der Waals surface area contributed by atoms with Crippen LogP contribution >= 0.6 is 23.5 Å². The lowest BCUT2D eigenvalue weighted by molar-refractivity contribution is 0.677. The van der Waals surface area contributed by atoms with Crippen LogP contribution in [-0.4, -0.2) is 51.0 Å². The Kier molecular flexibility index (Phi) is 4.34. The molecular weight excluding hydrogens is 380 g/mol. The number of benzene rings is 1. The van der Waals surface area contributed by atoms with E-state index in [1.54, 1.807) is 34.4 Å². The predicted octanol–water partition coefficient (Wildman–Crippen LogP) is 2.58. The van der Waals surface area contributed by atoms with Gasteiger partial charge in [0.05, 0.1) is 5.69 Å². The van der Waals surface area contributed by atoms with Crippen LogP contribution < -0.4 is 0 Å². The van der Waals surface area contributed by atoms with Gasteiger partial charge in [0, 0.05) is 35.5 Å². The summed E-state index contributed by atoms with van der Waals surface area (Å²) < 4.78 is 3.93. The minimum absolute atomic E-state index is 0.386. The summed E-state index contributed by atoms with van der Waals surface area (Å²) in [6, 6.07) is 13.8. The number of hydrogen-bond donors (Lipinski definition) is 0. The van der Waals surface area contributed by atoms with Gasteiger partial charge in [0.1, 0.15) is 0 Å². The second-order valence-electron chi connectivity index (χ2n) is 5.92. The van der Waals surface area contributed by atoms with Crippen LogP contribution in [0.25, 0.3) is 17.1 Å². The van der Waals surface area contributed by atoms with E-state index in [0.29, 0.717) is 5.25 Å². The van der Waals surface area contributed by atoms with Crippen molar-refractivity contribution in [3.8, 4) is 17.1 Å². The highest BCUT2D eigenvalue weighted by molar-refractivity contribution is 8.03. The molecular formula is C17H14N8S2. The average molecular weight is 394 g/mol. The molecule has 4 aromatic rings. The molecule has 0 fully saturated rings. The summed E-state index contributed by atoms with van der Waals surface area (Å²) in [6.07, 6.45) is 3.58. The van der Waals surface area contributed by atoms with Gasteiger partial charge in [-0.1, -0.05) is 41.7 Å². The first kappa shape index (κ1) is 16.5. The van der Waals surface area contributed by atoms with Gasteiger partial charge in [-0.3, -0.25) is 4.98 Å². The van der Waals surface area contributed by atoms with Crippen molar-refractivity contribution in [2.45, 2.75) is 22.1 Å². The molecule has 0 amide bonds.